The molecule has 0 saturated carbocycles. The average molecular weight is 417 g/mol. The molecule has 2 heterocycles. The van der Waals surface area contributed by atoms with Crippen molar-refractivity contribution in [1.29, 1.82) is 0 Å². The molecule has 0 bridgehead atoms. The van der Waals surface area contributed by atoms with Crippen LogP contribution in [0, 0.1) is 23.3 Å². The van der Waals surface area contributed by atoms with E-state index in [4.69, 9.17) is 9.47 Å². The highest BCUT2D eigenvalue weighted by Crippen LogP contribution is 2.20. The number of guanidine groups is 1. The third-order valence-corrected chi connectivity index (χ3v) is 5.37. The molecule has 0 aromatic heterocycles. The third-order valence-electron chi connectivity index (χ3n) is 5.37. The molecule has 9 heteroatoms. The van der Waals surface area contributed by atoms with Crippen LogP contribution in [0.5, 0.6) is 0 Å². The first-order valence-corrected chi connectivity index (χ1v) is 10.00. The molecule has 29 heavy (non-hydrogen) atoms. The summed E-state index contributed by atoms with van der Waals surface area (Å²) in [5, 5.41) is 2.79. The molecule has 1 unspecified atom stereocenters. The summed E-state index contributed by atoms with van der Waals surface area (Å²) < 4.78 is 66.0. The van der Waals surface area contributed by atoms with Gasteiger partial charge in [0.1, 0.15) is 0 Å². The van der Waals surface area contributed by atoms with E-state index in [0.717, 1.165) is 32.3 Å². The molecule has 3 rings (SSSR count). The highest BCUT2D eigenvalue weighted by Gasteiger charge is 2.25. The molecule has 1 aromatic carbocycles. The molecule has 0 spiro atoms. The van der Waals surface area contributed by atoms with Gasteiger partial charge < -0.3 is 19.7 Å². The monoisotopic (exact) mass is 417 g/mol. The number of nitrogens with zero attached hydrogens (tertiary/aromatic N) is 2. The zero-order chi connectivity index (χ0) is 20.8. The maximum atomic E-state index is 13.8. The Morgan fingerprint density at radius 1 is 1.14 bits per heavy atom. The van der Waals surface area contributed by atoms with Crippen LogP contribution in [0.3, 0.4) is 0 Å². The third kappa shape index (κ3) is 5.60. The second-order valence-corrected chi connectivity index (χ2v) is 7.36. The maximum absolute atomic E-state index is 13.8. The molecular formula is C20H27F4N3O2. The van der Waals surface area contributed by atoms with E-state index in [0.29, 0.717) is 25.7 Å². The minimum atomic E-state index is -1.42. The van der Waals surface area contributed by atoms with E-state index in [2.05, 4.69) is 10.3 Å². The standard InChI is InChI=1S/C20H27F4N3O2/c1-25-20(26-11-15-18(23)16(21)10-17(22)19(15)24)27-7-5-13(6-8-27)29-12-14-4-2-3-9-28-14/h10,13-14H,2-9,11-12H2,1H3,(H,25,26). The molecule has 0 amide bonds. The number of aliphatic imine (C=N–C) groups is 1. The van der Waals surface area contributed by atoms with Crippen molar-refractivity contribution >= 4 is 5.96 Å². The lowest BCUT2D eigenvalue weighted by Crippen LogP contribution is -2.47. The summed E-state index contributed by atoms with van der Waals surface area (Å²) in [5.74, 6) is -5.22. The van der Waals surface area contributed by atoms with Gasteiger partial charge in [0.05, 0.1) is 18.8 Å². The van der Waals surface area contributed by atoms with Gasteiger partial charge in [-0.05, 0) is 32.1 Å². The number of piperidine rings is 1. The molecule has 1 N–H and O–H groups in total. The summed E-state index contributed by atoms with van der Waals surface area (Å²) >= 11 is 0. The van der Waals surface area contributed by atoms with Gasteiger partial charge in [-0.2, -0.15) is 0 Å². The fraction of sp³-hybridized carbons (Fsp3) is 0.650. The molecule has 0 radical (unpaired) electrons. The minimum Gasteiger partial charge on any atom is -0.376 e. The lowest BCUT2D eigenvalue weighted by Gasteiger charge is -2.35. The Hall–Kier alpha value is -1.87. The predicted octanol–water partition coefficient (Wildman–Crippen LogP) is 3.37. The maximum Gasteiger partial charge on any atom is 0.193 e. The van der Waals surface area contributed by atoms with Crippen LogP contribution in [0.1, 0.15) is 37.7 Å². The van der Waals surface area contributed by atoms with Crippen LogP contribution in [-0.4, -0.2) is 56.4 Å². The Bertz CT molecular complexity index is 692. The number of benzene rings is 1. The van der Waals surface area contributed by atoms with E-state index in [1.165, 1.54) is 6.42 Å². The van der Waals surface area contributed by atoms with Crippen LogP contribution in [0.4, 0.5) is 17.6 Å². The molecule has 2 fully saturated rings. The van der Waals surface area contributed by atoms with Crippen LogP contribution in [-0.2, 0) is 16.0 Å². The molecule has 2 aliphatic rings. The number of hydrogen-bond acceptors (Lipinski definition) is 3. The van der Waals surface area contributed by atoms with Gasteiger partial charge >= 0.3 is 0 Å². The van der Waals surface area contributed by atoms with E-state index in [1.54, 1.807) is 7.05 Å². The predicted molar refractivity (Wildman–Crippen MR) is 101 cm³/mol. The van der Waals surface area contributed by atoms with E-state index in [9.17, 15) is 17.6 Å². The molecule has 5 nitrogen and oxygen atoms in total. The van der Waals surface area contributed by atoms with E-state index in [-0.39, 0.29) is 18.3 Å². The van der Waals surface area contributed by atoms with E-state index >= 15 is 0 Å². The van der Waals surface area contributed by atoms with Gasteiger partial charge in [0.2, 0.25) is 0 Å². The second kappa shape index (κ2) is 10.2. The number of likely N-dealkylation sites (tertiary alicyclic amines) is 1. The number of rotatable bonds is 5. The van der Waals surface area contributed by atoms with Gasteiger partial charge in [-0.1, -0.05) is 0 Å². The molecule has 162 valence electrons. The van der Waals surface area contributed by atoms with Crippen molar-refractivity contribution in [3.63, 3.8) is 0 Å². The van der Waals surface area contributed by atoms with Gasteiger partial charge in [-0.15, -0.1) is 0 Å². The molecule has 1 atom stereocenters. The Labute approximate surface area is 168 Å². The minimum absolute atomic E-state index is 0.127. The molecule has 2 saturated heterocycles. The molecular weight excluding hydrogens is 390 g/mol. The van der Waals surface area contributed by atoms with Crippen molar-refractivity contribution in [2.24, 2.45) is 4.99 Å². The number of hydrogen-bond donors (Lipinski definition) is 1. The molecule has 2 aliphatic heterocycles. The van der Waals surface area contributed by atoms with Gasteiger partial charge in [0, 0.05) is 44.9 Å². The zero-order valence-electron chi connectivity index (χ0n) is 16.5. The number of halogens is 4. The Morgan fingerprint density at radius 3 is 2.41 bits per heavy atom. The van der Waals surface area contributed by atoms with Crippen LogP contribution >= 0.6 is 0 Å². The topological polar surface area (TPSA) is 46.1 Å². The molecule has 0 aliphatic carbocycles. The first-order chi connectivity index (χ1) is 14.0. The summed E-state index contributed by atoms with van der Waals surface area (Å²) in [6.45, 7) is 2.29. The highest BCUT2D eigenvalue weighted by molar-refractivity contribution is 5.80. The molecule has 1 aromatic rings. The van der Waals surface area contributed by atoms with Gasteiger partial charge in [-0.25, -0.2) is 17.6 Å². The average Bonchev–Trinajstić information content (AvgIpc) is 2.75. The van der Waals surface area contributed by atoms with E-state index < -0.39 is 35.4 Å². The van der Waals surface area contributed by atoms with Crippen molar-refractivity contribution in [2.75, 3.05) is 33.4 Å². The van der Waals surface area contributed by atoms with Crippen LogP contribution < -0.4 is 5.32 Å². The fourth-order valence-corrected chi connectivity index (χ4v) is 3.69. The number of nitrogens with one attached hydrogen (secondary N) is 1. The Kier molecular flexibility index (Phi) is 7.71. The van der Waals surface area contributed by atoms with Gasteiger partial charge in [0.15, 0.2) is 29.2 Å². The van der Waals surface area contributed by atoms with Crippen molar-refractivity contribution < 1.29 is 27.0 Å². The summed E-state index contributed by atoms with van der Waals surface area (Å²) in [6, 6.07) is 0.201. The SMILES string of the molecule is CN=C(NCc1c(F)c(F)cc(F)c1F)N1CCC(OCC2CCCCO2)CC1. The normalized spacial score (nSPS) is 21.5. The first-order valence-electron chi connectivity index (χ1n) is 10.00. The Balaban J connectivity index is 1.48. The summed E-state index contributed by atoms with van der Waals surface area (Å²) in [5.41, 5.74) is -0.686. The zero-order valence-corrected chi connectivity index (χ0v) is 16.5. The highest BCUT2D eigenvalue weighted by atomic mass is 19.2. The first kappa shape index (κ1) is 21.8. The lowest BCUT2D eigenvalue weighted by molar-refractivity contribution is -0.0721. The quantitative estimate of drug-likeness (QED) is 0.345. The second-order valence-electron chi connectivity index (χ2n) is 7.36. The smallest absolute Gasteiger partial charge is 0.193 e. The summed E-state index contributed by atoms with van der Waals surface area (Å²) in [6.07, 6.45) is 5.18. The van der Waals surface area contributed by atoms with Crippen molar-refractivity contribution in [2.45, 2.75) is 50.9 Å². The lowest BCUT2D eigenvalue weighted by atomic mass is 10.1. The van der Waals surface area contributed by atoms with Crippen LogP contribution in [0.25, 0.3) is 0 Å². The Morgan fingerprint density at radius 2 is 1.83 bits per heavy atom. The van der Waals surface area contributed by atoms with Gasteiger partial charge in [-0.3, -0.25) is 4.99 Å². The number of ether oxygens (including phenoxy) is 2. The largest absolute Gasteiger partial charge is 0.376 e. The summed E-state index contributed by atoms with van der Waals surface area (Å²) in [7, 11) is 1.55. The van der Waals surface area contributed by atoms with Crippen LogP contribution in [0.15, 0.2) is 11.1 Å². The van der Waals surface area contributed by atoms with Crippen molar-refractivity contribution in [3.8, 4) is 0 Å². The van der Waals surface area contributed by atoms with Crippen LogP contribution in [0.2, 0.25) is 0 Å². The van der Waals surface area contributed by atoms with Crippen molar-refractivity contribution in [1.82, 2.24) is 10.2 Å². The van der Waals surface area contributed by atoms with E-state index in [1.807, 2.05) is 4.90 Å². The fourth-order valence-electron chi connectivity index (χ4n) is 3.69. The van der Waals surface area contributed by atoms with Gasteiger partial charge in [0.25, 0.3) is 0 Å². The van der Waals surface area contributed by atoms with Crippen molar-refractivity contribution in [3.05, 3.63) is 34.9 Å². The summed E-state index contributed by atoms with van der Waals surface area (Å²) in [4.78, 5) is 6.05.